The molecule has 0 fully saturated rings. The number of aryl methyl sites for hydroxylation is 1. The van der Waals surface area contributed by atoms with E-state index in [1.807, 2.05) is 12.1 Å². The summed E-state index contributed by atoms with van der Waals surface area (Å²) in [6.45, 7) is 0.918. The summed E-state index contributed by atoms with van der Waals surface area (Å²) in [6.07, 6.45) is 0.784. The number of para-hydroxylation sites is 1. The van der Waals surface area contributed by atoms with Gasteiger partial charge in [0.05, 0.1) is 43.2 Å². The Morgan fingerprint density at radius 1 is 0.974 bits per heavy atom. The van der Waals surface area contributed by atoms with Gasteiger partial charge in [0.1, 0.15) is 11.5 Å². The zero-order valence-corrected chi connectivity index (χ0v) is 23.6. The quantitative estimate of drug-likeness (QED) is 0.251. The van der Waals surface area contributed by atoms with Crippen LogP contribution in [-0.4, -0.2) is 53.5 Å². The number of benzene rings is 3. The number of aromatic nitrogens is 2. The van der Waals surface area contributed by atoms with Crippen LogP contribution in [0.4, 0.5) is 0 Å². The average Bonchev–Trinajstić information content (AvgIpc) is 3.20. The number of rotatable bonds is 11. The molecule has 0 bridgehead atoms. The number of ether oxygens (including phenoxy) is 2. The highest BCUT2D eigenvalue weighted by molar-refractivity contribution is 6.35. The molecule has 8 nitrogen and oxygen atoms in total. The fourth-order valence-electron chi connectivity index (χ4n) is 4.49. The third-order valence-corrected chi connectivity index (χ3v) is 7.20. The molecule has 0 atom stereocenters. The minimum Gasteiger partial charge on any atom is -0.497 e. The number of amides is 1. The number of carbonyl (C=O) groups is 2. The van der Waals surface area contributed by atoms with Gasteiger partial charge in [-0.3, -0.25) is 15.0 Å². The Bertz CT molecular complexity index is 1560. The van der Waals surface area contributed by atoms with Gasteiger partial charge >= 0.3 is 0 Å². The Morgan fingerprint density at radius 2 is 1.72 bits per heavy atom. The smallest absolute Gasteiger partial charge is 0.226 e. The number of hydrogen-bond donors (Lipinski definition) is 1. The van der Waals surface area contributed by atoms with Gasteiger partial charge in [-0.05, 0) is 48.9 Å². The molecule has 3 aromatic carbocycles. The van der Waals surface area contributed by atoms with E-state index in [9.17, 15) is 9.59 Å². The van der Waals surface area contributed by atoms with Gasteiger partial charge in [0.15, 0.2) is 5.78 Å². The molecule has 0 aliphatic rings. The topological polar surface area (TPSA) is 89.5 Å². The van der Waals surface area contributed by atoms with Crippen LogP contribution in [0.5, 0.6) is 11.5 Å². The first kappa shape index (κ1) is 28.3. The van der Waals surface area contributed by atoms with Crippen LogP contribution in [0.3, 0.4) is 0 Å². The summed E-state index contributed by atoms with van der Waals surface area (Å²) < 4.78 is 14.1. The lowest BCUT2D eigenvalue weighted by molar-refractivity contribution is -0.129. The molecule has 10 heteroatoms. The number of Topliss-reactive ketones (excluding diaryl/α,β-unsaturated/α-hetero) is 1. The first-order chi connectivity index (χ1) is 18.7. The molecule has 1 aromatic heterocycles. The lowest BCUT2D eigenvalue weighted by Crippen LogP contribution is -2.31. The molecule has 1 N–H and O–H groups in total. The van der Waals surface area contributed by atoms with Crippen molar-refractivity contribution in [3.05, 3.63) is 87.5 Å². The van der Waals surface area contributed by atoms with Gasteiger partial charge in [-0.2, -0.15) is 0 Å². The number of ketones is 1. The van der Waals surface area contributed by atoms with Crippen LogP contribution in [0.25, 0.3) is 11.0 Å². The maximum Gasteiger partial charge on any atom is 0.226 e. The van der Waals surface area contributed by atoms with Crippen molar-refractivity contribution in [3.63, 3.8) is 0 Å². The molecule has 0 spiro atoms. The summed E-state index contributed by atoms with van der Waals surface area (Å²) in [7, 11) is 4.90. The maximum atomic E-state index is 13.0. The number of imidazole rings is 1. The van der Waals surface area contributed by atoms with Crippen LogP contribution in [-0.2, 0) is 24.3 Å². The van der Waals surface area contributed by atoms with E-state index in [1.54, 1.807) is 83.8 Å². The zero-order valence-electron chi connectivity index (χ0n) is 22.0. The molecule has 0 aliphatic heterocycles. The highest BCUT2D eigenvalue weighted by atomic mass is 35.5. The number of carbonyl (C=O) groups excluding carboxylic acids is 2. The van der Waals surface area contributed by atoms with Crippen molar-refractivity contribution in [1.82, 2.24) is 14.0 Å². The molecule has 0 saturated heterocycles. The average molecular weight is 569 g/mol. The normalized spacial score (nSPS) is 11.0. The second-order valence-corrected chi connectivity index (χ2v) is 9.97. The van der Waals surface area contributed by atoms with Crippen LogP contribution in [0, 0.1) is 5.41 Å². The third kappa shape index (κ3) is 6.29. The van der Waals surface area contributed by atoms with Crippen LogP contribution in [0.2, 0.25) is 10.0 Å². The maximum absolute atomic E-state index is 13.0. The molecule has 1 heterocycles. The minimum absolute atomic E-state index is 0.00755. The number of methoxy groups -OCH3 is 2. The van der Waals surface area contributed by atoms with Crippen LogP contribution in [0.1, 0.15) is 22.3 Å². The van der Waals surface area contributed by atoms with Gasteiger partial charge in [-0.25, -0.2) is 0 Å². The first-order valence-corrected chi connectivity index (χ1v) is 13.1. The molecule has 0 unspecified atom stereocenters. The molecule has 0 saturated carbocycles. The molecular formula is C29H30Cl2N4O4. The van der Waals surface area contributed by atoms with E-state index < -0.39 is 0 Å². The Kier molecular flexibility index (Phi) is 8.99. The van der Waals surface area contributed by atoms with Crippen molar-refractivity contribution in [2.24, 2.45) is 0 Å². The van der Waals surface area contributed by atoms with E-state index in [2.05, 4.69) is 0 Å². The Labute approximate surface area is 236 Å². The van der Waals surface area contributed by atoms with Gasteiger partial charge in [-0.1, -0.05) is 35.3 Å². The molecule has 204 valence electrons. The largest absolute Gasteiger partial charge is 0.497 e. The van der Waals surface area contributed by atoms with E-state index in [0.717, 1.165) is 5.56 Å². The van der Waals surface area contributed by atoms with Gasteiger partial charge < -0.3 is 23.5 Å². The summed E-state index contributed by atoms with van der Waals surface area (Å²) in [4.78, 5) is 27.6. The molecule has 4 aromatic rings. The molecule has 0 aliphatic carbocycles. The molecular weight excluding hydrogens is 539 g/mol. The van der Waals surface area contributed by atoms with E-state index in [0.29, 0.717) is 57.7 Å². The van der Waals surface area contributed by atoms with Gasteiger partial charge in [0.2, 0.25) is 11.5 Å². The monoisotopic (exact) mass is 568 g/mol. The summed E-state index contributed by atoms with van der Waals surface area (Å²) in [6, 6.07) is 17.5. The first-order valence-electron chi connectivity index (χ1n) is 12.4. The Balaban J connectivity index is 1.48. The van der Waals surface area contributed by atoms with Crippen molar-refractivity contribution < 1.29 is 19.1 Å². The number of likely N-dealkylation sites (N-methyl/N-ethyl adjacent to an activating group) is 1. The Hall–Kier alpha value is -3.75. The number of nitrogens with one attached hydrogen (secondary N) is 1. The fraction of sp³-hybridized carbons (Fsp3) is 0.276. The van der Waals surface area contributed by atoms with E-state index in [4.69, 9.17) is 38.1 Å². The lowest BCUT2D eigenvalue weighted by Gasteiger charge is -2.18. The number of hydrogen-bond acceptors (Lipinski definition) is 5. The second-order valence-electron chi connectivity index (χ2n) is 9.12. The van der Waals surface area contributed by atoms with Crippen LogP contribution in [0.15, 0.2) is 60.7 Å². The number of halogens is 2. The van der Waals surface area contributed by atoms with E-state index in [1.165, 1.54) is 0 Å². The molecule has 4 rings (SSSR count). The van der Waals surface area contributed by atoms with E-state index >= 15 is 0 Å². The highest BCUT2D eigenvalue weighted by Gasteiger charge is 2.18. The summed E-state index contributed by atoms with van der Waals surface area (Å²) in [5.41, 5.74) is 2.84. The van der Waals surface area contributed by atoms with Gasteiger partial charge in [0.25, 0.3) is 0 Å². The Morgan fingerprint density at radius 3 is 2.41 bits per heavy atom. The van der Waals surface area contributed by atoms with Gasteiger partial charge in [-0.15, -0.1) is 0 Å². The fourth-order valence-corrected chi connectivity index (χ4v) is 4.89. The van der Waals surface area contributed by atoms with Crippen LogP contribution < -0.4 is 15.1 Å². The zero-order chi connectivity index (χ0) is 28.1. The minimum atomic E-state index is -0.136. The van der Waals surface area contributed by atoms with Crippen molar-refractivity contribution in [3.8, 4) is 11.5 Å². The summed E-state index contributed by atoms with van der Waals surface area (Å²) >= 11 is 12.5. The van der Waals surface area contributed by atoms with E-state index in [-0.39, 0.29) is 30.3 Å². The predicted molar refractivity (Wildman–Crippen MR) is 152 cm³/mol. The van der Waals surface area contributed by atoms with Crippen LogP contribution >= 0.6 is 23.2 Å². The SMILES string of the molecule is COc1ccc(CC(=O)N(C)CCCn2c(=N)n(CC(=O)c3ccc(Cl)cc3)c3cccc(Cl)c32)c(OC)c1. The van der Waals surface area contributed by atoms with Crippen molar-refractivity contribution in [1.29, 1.82) is 5.41 Å². The highest BCUT2D eigenvalue weighted by Crippen LogP contribution is 2.26. The summed E-state index contributed by atoms with van der Waals surface area (Å²) in [5.74, 6) is 1.07. The number of nitrogens with zero attached hydrogens (tertiary/aromatic N) is 3. The predicted octanol–water partition coefficient (Wildman–Crippen LogP) is 5.22. The lowest BCUT2D eigenvalue weighted by atomic mass is 10.1. The summed E-state index contributed by atoms with van der Waals surface area (Å²) in [5, 5.41) is 9.89. The second kappa shape index (κ2) is 12.4. The third-order valence-electron chi connectivity index (χ3n) is 6.64. The molecule has 1 amide bonds. The number of fused-ring (bicyclic) bond motifs is 1. The standard InChI is InChI=1S/C29H30Cl2N4O4/c1-33(27(37)16-20-10-13-22(38-2)17-26(20)39-3)14-5-15-34-28-23(31)6-4-7-24(28)35(29(34)32)18-25(36)19-8-11-21(30)12-9-19/h4,6-13,17,32H,5,14-16,18H2,1-3H3. The molecule has 39 heavy (non-hydrogen) atoms. The van der Waals surface area contributed by atoms with Gasteiger partial charge in [0, 0.05) is 42.4 Å². The molecule has 0 radical (unpaired) electrons. The van der Waals surface area contributed by atoms with Crippen molar-refractivity contribution in [2.75, 3.05) is 27.8 Å². The van der Waals surface area contributed by atoms with Crippen molar-refractivity contribution >= 4 is 45.9 Å². The van der Waals surface area contributed by atoms with Crippen molar-refractivity contribution in [2.45, 2.75) is 25.9 Å².